The van der Waals surface area contributed by atoms with Crippen LogP contribution in [0.25, 0.3) is 0 Å². The van der Waals surface area contributed by atoms with Gasteiger partial charge in [-0.15, -0.1) is 6.58 Å². The fraction of sp³-hybridized carbons (Fsp3) is 0.667. The zero-order chi connectivity index (χ0) is 6.57. The van der Waals surface area contributed by atoms with Crippen molar-refractivity contribution in [2.75, 3.05) is 0 Å². The molecule has 0 bridgehead atoms. The first-order chi connectivity index (χ1) is 3.68. The van der Waals surface area contributed by atoms with Gasteiger partial charge in [0, 0.05) is 2.74 Å². The van der Waals surface area contributed by atoms with Gasteiger partial charge in [0.1, 0.15) is 0 Å². The highest BCUT2D eigenvalue weighted by Gasteiger charge is 1.71. The highest BCUT2D eigenvalue weighted by molar-refractivity contribution is 4.64. The Morgan fingerprint density at radius 1 is 2.00 bits per heavy atom. The summed E-state index contributed by atoms with van der Waals surface area (Å²) in [5, 5.41) is 0. The molecule has 0 heteroatoms. The van der Waals surface area contributed by atoms with Crippen LogP contribution in [0.1, 0.15) is 28.9 Å². The Bertz CT molecular complexity index is 68.9. The van der Waals surface area contributed by atoms with Crippen molar-refractivity contribution in [1.82, 2.24) is 0 Å². The van der Waals surface area contributed by atoms with Crippen molar-refractivity contribution in [3.05, 3.63) is 12.7 Å². The fourth-order valence-corrected chi connectivity index (χ4v) is 0.232. The van der Waals surface area contributed by atoms with Crippen LogP contribution < -0.4 is 0 Å². The molecule has 0 heterocycles. The van der Waals surface area contributed by atoms with E-state index in [-0.39, 0.29) is 12.8 Å². The maximum absolute atomic E-state index is 7.17. The topological polar surface area (TPSA) is 0 Å². The zero-order valence-electron chi connectivity index (χ0n) is 6.15. The van der Waals surface area contributed by atoms with Crippen LogP contribution in [0.5, 0.6) is 0 Å². The zero-order valence-corrected chi connectivity index (χ0v) is 4.15. The predicted octanol–water partition coefficient (Wildman–Crippen LogP) is 2.36. The van der Waals surface area contributed by atoms with Crippen LogP contribution >= 0.6 is 0 Å². The van der Waals surface area contributed by atoms with Gasteiger partial charge in [0.05, 0.1) is 0 Å². The average molecular weight is 86.2 g/mol. The lowest BCUT2D eigenvalue weighted by Crippen LogP contribution is -1.61. The molecule has 0 N–H and O–H groups in total. The molecular formula is C6H12. The third-order valence-corrected chi connectivity index (χ3v) is 0.538. The third kappa shape index (κ3) is 3.74. The van der Waals surface area contributed by atoms with Crippen molar-refractivity contribution in [3.63, 3.8) is 0 Å². The van der Waals surface area contributed by atoms with Crippen LogP contribution in [0, 0.1) is 0 Å². The van der Waals surface area contributed by atoms with Crippen molar-refractivity contribution in [1.29, 1.82) is 0 Å². The summed E-state index contributed by atoms with van der Waals surface area (Å²) < 4.78 is 14.2. The fourth-order valence-electron chi connectivity index (χ4n) is 0.232. The molecule has 0 aliphatic carbocycles. The molecule has 2 unspecified atom stereocenters. The van der Waals surface area contributed by atoms with E-state index in [1.54, 1.807) is 13.0 Å². The van der Waals surface area contributed by atoms with E-state index < -0.39 is 0 Å². The second-order valence-corrected chi connectivity index (χ2v) is 1.09. The van der Waals surface area contributed by atoms with Crippen molar-refractivity contribution in [2.24, 2.45) is 0 Å². The van der Waals surface area contributed by atoms with Gasteiger partial charge in [0.25, 0.3) is 0 Å². The van der Waals surface area contributed by atoms with E-state index in [0.29, 0.717) is 6.42 Å². The van der Waals surface area contributed by atoms with Crippen LogP contribution in [0.4, 0.5) is 0 Å². The minimum absolute atomic E-state index is 0.284. The van der Waals surface area contributed by atoms with E-state index in [9.17, 15) is 0 Å². The SMILES string of the molecule is [2H]C(C)C([2H])CC=C. The minimum atomic E-state index is -0.285. The summed E-state index contributed by atoms with van der Waals surface area (Å²) in [5.41, 5.74) is 0. The Balaban J connectivity index is 3.30. The molecule has 0 aliphatic rings. The van der Waals surface area contributed by atoms with Gasteiger partial charge in [-0.2, -0.15) is 0 Å². The molecule has 36 valence electrons. The standard InChI is InChI=1S/C6H12/c1-3-5-6-4-2/h3H,1,4-6H2,2H3/i4D,6D. The van der Waals surface area contributed by atoms with Crippen LogP contribution in [-0.2, 0) is 0 Å². The largest absolute Gasteiger partial charge is 0.103 e. The Hall–Kier alpha value is -0.260. The molecule has 2 atom stereocenters. The highest BCUT2D eigenvalue weighted by Crippen LogP contribution is 1.91. The number of allylic oxidation sites excluding steroid dienone is 1. The number of hydrogen-bond donors (Lipinski definition) is 0. The Morgan fingerprint density at radius 3 is 2.83 bits per heavy atom. The molecule has 0 nitrogen and oxygen atoms in total. The molecule has 0 rings (SSSR count). The second kappa shape index (κ2) is 4.74. The lowest BCUT2D eigenvalue weighted by molar-refractivity contribution is 0.816. The Morgan fingerprint density at radius 2 is 2.67 bits per heavy atom. The maximum atomic E-state index is 7.17. The van der Waals surface area contributed by atoms with Gasteiger partial charge in [-0.3, -0.25) is 0 Å². The first-order valence-corrected chi connectivity index (χ1v) is 2.14. The highest BCUT2D eigenvalue weighted by atomic mass is 13.8. The van der Waals surface area contributed by atoms with Gasteiger partial charge >= 0.3 is 0 Å². The van der Waals surface area contributed by atoms with Gasteiger partial charge in [0.2, 0.25) is 0 Å². The van der Waals surface area contributed by atoms with E-state index >= 15 is 0 Å². The molecule has 6 heavy (non-hydrogen) atoms. The first-order valence-electron chi connectivity index (χ1n) is 3.29. The summed E-state index contributed by atoms with van der Waals surface area (Å²) in [6.07, 6.45) is 1.74. The monoisotopic (exact) mass is 86.1 g/mol. The Labute approximate surface area is 42.7 Å². The molecule has 0 aromatic heterocycles. The van der Waals surface area contributed by atoms with E-state index in [2.05, 4.69) is 6.58 Å². The molecule has 0 saturated heterocycles. The normalized spacial score (nSPS) is 23.5. The van der Waals surface area contributed by atoms with Crippen LogP contribution in [0.2, 0.25) is 0 Å². The van der Waals surface area contributed by atoms with Crippen LogP contribution in [0.15, 0.2) is 12.7 Å². The molecule has 0 saturated carbocycles. The van der Waals surface area contributed by atoms with Crippen molar-refractivity contribution < 1.29 is 2.74 Å². The summed E-state index contributed by atoms with van der Waals surface area (Å²) in [6.45, 7) is 5.20. The quantitative estimate of drug-likeness (QED) is 0.462. The lowest BCUT2D eigenvalue weighted by atomic mass is 10.3. The van der Waals surface area contributed by atoms with Crippen molar-refractivity contribution >= 4 is 0 Å². The number of hydrogen-bond acceptors (Lipinski definition) is 0. The maximum Gasteiger partial charge on any atom is 0.0270 e. The summed E-state index contributed by atoms with van der Waals surface area (Å²) in [5.74, 6) is 0. The van der Waals surface area contributed by atoms with Gasteiger partial charge < -0.3 is 0 Å². The molecule has 0 spiro atoms. The third-order valence-electron chi connectivity index (χ3n) is 0.538. The molecule has 0 aromatic rings. The second-order valence-electron chi connectivity index (χ2n) is 1.09. The molecule has 0 fully saturated rings. The van der Waals surface area contributed by atoms with E-state index in [1.807, 2.05) is 0 Å². The van der Waals surface area contributed by atoms with Gasteiger partial charge in [-0.1, -0.05) is 25.8 Å². The van der Waals surface area contributed by atoms with Crippen LogP contribution in [-0.4, -0.2) is 0 Å². The molecule has 0 aliphatic heterocycles. The van der Waals surface area contributed by atoms with Gasteiger partial charge in [-0.25, -0.2) is 0 Å². The van der Waals surface area contributed by atoms with Gasteiger partial charge in [-0.05, 0) is 6.42 Å². The van der Waals surface area contributed by atoms with E-state index in [0.717, 1.165) is 0 Å². The molecular weight excluding hydrogens is 72.1 g/mol. The van der Waals surface area contributed by atoms with Crippen molar-refractivity contribution in [3.8, 4) is 0 Å². The van der Waals surface area contributed by atoms with E-state index in [4.69, 9.17) is 2.74 Å². The van der Waals surface area contributed by atoms with Crippen LogP contribution in [0.3, 0.4) is 0 Å². The Kier molecular flexibility index (Phi) is 2.24. The minimum Gasteiger partial charge on any atom is -0.103 e. The van der Waals surface area contributed by atoms with E-state index in [1.165, 1.54) is 0 Å². The molecule has 0 radical (unpaired) electrons. The molecule has 0 aromatic carbocycles. The van der Waals surface area contributed by atoms with Crippen molar-refractivity contribution in [2.45, 2.75) is 26.1 Å². The average Bonchev–Trinajstić information content (AvgIpc) is 1.67. The smallest absolute Gasteiger partial charge is 0.0270 e. The predicted molar refractivity (Wildman–Crippen MR) is 29.7 cm³/mol. The molecule has 0 amide bonds. The summed E-state index contributed by atoms with van der Waals surface area (Å²) in [4.78, 5) is 0. The number of rotatable bonds is 3. The summed E-state index contributed by atoms with van der Waals surface area (Å²) in [7, 11) is 0. The first kappa shape index (κ1) is 2.84. The van der Waals surface area contributed by atoms with Gasteiger partial charge in [0.15, 0.2) is 0 Å². The summed E-state index contributed by atoms with van der Waals surface area (Å²) in [6, 6.07) is 0. The lowest BCUT2D eigenvalue weighted by Gasteiger charge is -1.81. The summed E-state index contributed by atoms with van der Waals surface area (Å²) >= 11 is 0.